The smallest absolute Gasteiger partial charge is 0.222 e. The van der Waals surface area contributed by atoms with Gasteiger partial charge in [0.25, 0.3) is 0 Å². The lowest BCUT2D eigenvalue weighted by molar-refractivity contribution is -0.132. The molecule has 0 N–H and O–H groups in total. The van der Waals surface area contributed by atoms with E-state index in [4.69, 9.17) is 11.6 Å². The molecule has 1 aromatic rings. The largest absolute Gasteiger partial charge is 0.343 e. The highest BCUT2D eigenvalue weighted by Crippen LogP contribution is 2.19. The molecule has 0 bridgehead atoms. The summed E-state index contributed by atoms with van der Waals surface area (Å²) in [6, 6.07) is 8.40. The molecule has 1 aliphatic heterocycles. The first kappa shape index (κ1) is 14.4. The van der Waals surface area contributed by atoms with Gasteiger partial charge in [-0.25, -0.2) is 0 Å². The van der Waals surface area contributed by atoms with Gasteiger partial charge in [0.2, 0.25) is 5.91 Å². The maximum Gasteiger partial charge on any atom is 0.222 e. The highest BCUT2D eigenvalue weighted by molar-refractivity contribution is 6.18. The lowest BCUT2D eigenvalue weighted by atomic mass is 9.98. The van der Waals surface area contributed by atoms with Gasteiger partial charge in [-0.3, -0.25) is 4.79 Å². The maximum absolute atomic E-state index is 12.1. The van der Waals surface area contributed by atoms with Crippen LogP contribution in [0.5, 0.6) is 0 Å². The number of carbonyl (C=O) groups excluding carboxylic acids is 1. The summed E-state index contributed by atoms with van der Waals surface area (Å²) >= 11 is 5.86. The van der Waals surface area contributed by atoms with Crippen LogP contribution in [0.3, 0.4) is 0 Å². The van der Waals surface area contributed by atoms with Crippen molar-refractivity contribution in [3.05, 3.63) is 35.4 Å². The van der Waals surface area contributed by atoms with E-state index in [-0.39, 0.29) is 5.91 Å². The van der Waals surface area contributed by atoms with Gasteiger partial charge in [-0.2, -0.15) is 0 Å². The average molecular weight is 280 g/mol. The minimum absolute atomic E-state index is 0.287. The number of hydrogen-bond acceptors (Lipinski definition) is 1. The summed E-state index contributed by atoms with van der Waals surface area (Å²) in [5, 5.41) is 0. The molecule has 0 unspecified atom stereocenters. The van der Waals surface area contributed by atoms with E-state index < -0.39 is 0 Å². The molecule has 1 fully saturated rings. The Kier molecular flexibility index (Phi) is 5.26. The fraction of sp³-hybridized carbons (Fsp3) is 0.562. The normalized spacial score (nSPS) is 16.6. The van der Waals surface area contributed by atoms with Crippen LogP contribution in [0.4, 0.5) is 0 Å². The Morgan fingerprint density at radius 2 is 2.11 bits per heavy atom. The highest BCUT2D eigenvalue weighted by Gasteiger charge is 2.21. The van der Waals surface area contributed by atoms with Crippen LogP contribution in [0, 0.1) is 12.8 Å². The summed E-state index contributed by atoms with van der Waals surface area (Å²) in [6.45, 7) is 3.84. The van der Waals surface area contributed by atoms with Crippen LogP contribution in [-0.4, -0.2) is 29.8 Å². The van der Waals surface area contributed by atoms with Gasteiger partial charge >= 0.3 is 0 Å². The van der Waals surface area contributed by atoms with Crippen LogP contribution >= 0.6 is 11.6 Å². The van der Waals surface area contributed by atoms with Crippen molar-refractivity contribution < 1.29 is 4.79 Å². The third kappa shape index (κ3) is 4.24. The van der Waals surface area contributed by atoms with Gasteiger partial charge in [-0.05, 0) is 37.7 Å². The number of aryl methyl sites for hydroxylation is 2. The second-order valence-corrected chi connectivity index (χ2v) is 5.78. The standard InChI is InChI=1S/C16H22ClNO/c1-13-3-2-4-14(11-13)5-6-16(19)18-9-7-15(12-17)8-10-18/h2-4,11,15H,5-10,12H2,1H3. The zero-order valence-corrected chi connectivity index (χ0v) is 12.3. The first-order valence-corrected chi connectivity index (χ1v) is 7.62. The van der Waals surface area contributed by atoms with Gasteiger partial charge in [-0.15, -0.1) is 11.6 Å². The van der Waals surface area contributed by atoms with Crippen molar-refractivity contribution in [2.75, 3.05) is 19.0 Å². The molecule has 1 aliphatic rings. The molecule has 2 rings (SSSR count). The van der Waals surface area contributed by atoms with Crippen LogP contribution in [0.25, 0.3) is 0 Å². The fourth-order valence-electron chi connectivity index (χ4n) is 2.61. The molecule has 1 heterocycles. The van der Waals surface area contributed by atoms with Crippen LogP contribution < -0.4 is 0 Å². The van der Waals surface area contributed by atoms with Gasteiger partial charge in [-0.1, -0.05) is 29.8 Å². The minimum atomic E-state index is 0.287. The monoisotopic (exact) mass is 279 g/mol. The van der Waals surface area contributed by atoms with Crippen molar-refractivity contribution in [3.8, 4) is 0 Å². The molecule has 19 heavy (non-hydrogen) atoms. The van der Waals surface area contributed by atoms with Crippen molar-refractivity contribution >= 4 is 17.5 Å². The molecular weight excluding hydrogens is 258 g/mol. The minimum Gasteiger partial charge on any atom is -0.343 e. The number of piperidine rings is 1. The quantitative estimate of drug-likeness (QED) is 0.774. The SMILES string of the molecule is Cc1cccc(CCC(=O)N2CCC(CCl)CC2)c1. The van der Waals surface area contributed by atoms with E-state index in [1.54, 1.807) is 0 Å². The maximum atomic E-state index is 12.1. The van der Waals surface area contributed by atoms with Gasteiger partial charge < -0.3 is 4.90 Å². The van der Waals surface area contributed by atoms with Crippen molar-refractivity contribution in [3.63, 3.8) is 0 Å². The van der Waals surface area contributed by atoms with Gasteiger partial charge in [0, 0.05) is 25.4 Å². The molecule has 0 atom stereocenters. The number of carbonyl (C=O) groups is 1. The molecule has 0 spiro atoms. The second-order valence-electron chi connectivity index (χ2n) is 5.47. The molecular formula is C16H22ClNO. The Morgan fingerprint density at radius 1 is 1.37 bits per heavy atom. The van der Waals surface area contributed by atoms with Crippen molar-refractivity contribution in [2.45, 2.75) is 32.6 Å². The van der Waals surface area contributed by atoms with Crippen LogP contribution in [0.15, 0.2) is 24.3 Å². The average Bonchev–Trinajstić information content (AvgIpc) is 2.45. The molecule has 104 valence electrons. The van der Waals surface area contributed by atoms with E-state index in [9.17, 15) is 4.79 Å². The molecule has 0 aliphatic carbocycles. The molecule has 0 radical (unpaired) electrons. The predicted molar refractivity (Wildman–Crippen MR) is 79.5 cm³/mol. The Morgan fingerprint density at radius 3 is 2.74 bits per heavy atom. The molecule has 1 amide bonds. The van der Waals surface area contributed by atoms with E-state index in [1.165, 1.54) is 11.1 Å². The molecule has 3 heteroatoms. The fourth-order valence-corrected chi connectivity index (χ4v) is 2.92. The summed E-state index contributed by atoms with van der Waals surface area (Å²) in [5.74, 6) is 1.61. The summed E-state index contributed by atoms with van der Waals surface area (Å²) in [5.41, 5.74) is 2.51. The zero-order valence-electron chi connectivity index (χ0n) is 11.6. The molecule has 1 saturated heterocycles. The Hall–Kier alpha value is -1.02. The summed E-state index contributed by atoms with van der Waals surface area (Å²) in [4.78, 5) is 14.1. The first-order valence-electron chi connectivity index (χ1n) is 7.08. The Labute approximate surface area is 120 Å². The number of hydrogen-bond donors (Lipinski definition) is 0. The number of benzene rings is 1. The number of rotatable bonds is 4. The number of halogens is 1. The zero-order chi connectivity index (χ0) is 13.7. The predicted octanol–water partition coefficient (Wildman–Crippen LogP) is 3.41. The Bertz CT molecular complexity index is 425. The highest BCUT2D eigenvalue weighted by atomic mass is 35.5. The topological polar surface area (TPSA) is 20.3 Å². The van der Waals surface area contributed by atoms with Crippen LogP contribution in [0.2, 0.25) is 0 Å². The lowest BCUT2D eigenvalue weighted by Crippen LogP contribution is -2.38. The van der Waals surface area contributed by atoms with Gasteiger partial charge in [0.1, 0.15) is 0 Å². The summed E-state index contributed by atoms with van der Waals surface area (Å²) < 4.78 is 0. The van der Waals surface area contributed by atoms with E-state index >= 15 is 0 Å². The number of alkyl halides is 1. The second kappa shape index (κ2) is 6.95. The van der Waals surface area contributed by atoms with E-state index in [2.05, 4.69) is 31.2 Å². The Balaban J connectivity index is 1.79. The van der Waals surface area contributed by atoms with Crippen molar-refractivity contribution in [1.82, 2.24) is 4.90 Å². The van der Waals surface area contributed by atoms with Crippen LogP contribution in [0.1, 0.15) is 30.4 Å². The van der Waals surface area contributed by atoms with Gasteiger partial charge in [0.05, 0.1) is 0 Å². The summed E-state index contributed by atoms with van der Waals surface area (Å²) in [6.07, 6.45) is 3.57. The van der Waals surface area contributed by atoms with Crippen LogP contribution in [-0.2, 0) is 11.2 Å². The molecule has 0 saturated carbocycles. The lowest BCUT2D eigenvalue weighted by Gasteiger charge is -2.31. The molecule has 1 aromatic carbocycles. The van der Waals surface area contributed by atoms with E-state index in [0.717, 1.165) is 38.2 Å². The van der Waals surface area contributed by atoms with E-state index in [0.29, 0.717) is 12.3 Å². The van der Waals surface area contributed by atoms with Crippen molar-refractivity contribution in [2.24, 2.45) is 5.92 Å². The van der Waals surface area contributed by atoms with Gasteiger partial charge in [0.15, 0.2) is 0 Å². The first-order chi connectivity index (χ1) is 9.19. The molecule has 0 aromatic heterocycles. The number of amides is 1. The number of likely N-dealkylation sites (tertiary alicyclic amines) is 1. The number of nitrogens with zero attached hydrogens (tertiary/aromatic N) is 1. The van der Waals surface area contributed by atoms with E-state index in [1.807, 2.05) is 4.90 Å². The summed E-state index contributed by atoms with van der Waals surface area (Å²) in [7, 11) is 0. The van der Waals surface area contributed by atoms with Crippen molar-refractivity contribution in [1.29, 1.82) is 0 Å². The third-order valence-electron chi connectivity index (χ3n) is 3.90. The molecule has 2 nitrogen and oxygen atoms in total. The third-order valence-corrected chi connectivity index (χ3v) is 4.33.